The molecule has 4 heteroatoms. The van der Waals surface area contributed by atoms with Gasteiger partial charge in [0.25, 0.3) is 0 Å². The molecule has 0 aromatic heterocycles. The monoisotopic (exact) mass is 289 g/mol. The van der Waals surface area contributed by atoms with Crippen LogP contribution < -0.4 is 4.90 Å². The molecule has 0 bridgehead atoms. The Labute approximate surface area is 123 Å². The number of anilines is 1. The molecule has 1 N–H and O–H groups in total. The Hall–Kier alpha value is -2.00. The van der Waals surface area contributed by atoms with E-state index in [4.69, 9.17) is 11.6 Å². The summed E-state index contributed by atoms with van der Waals surface area (Å²) in [6.07, 6.45) is 0. The highest BCUT2D eigenvalue weighted by atomic mass is 35.5. The lowest BCUT2D eigenvalue weighted by atomic mass is 10.1. The van der Waals surface area contributed by atoms with Crippen molar-refractivity contribution in [3.05, 3.63) is 64.7 Å². The van der Waals surface area contributed by atoms with Gasteiger partial charge in [-0.2, -0.15) is 0 Å². The molecule has 0 aliphatic carbocycles. The third-order valence-electron chi connectivity index (χ3n) is 3.13. The number of halogens is 1. The Bertz CT molecular complexity index is 599. The smallest absolute Gasteiger partial charge is 0.337 e. The van der Waals surface area contributed by atoms with Gasteiger partial charge in [-0.3, -0.25) is 0 Å². The zero-order valence-electron chi connectivity index (χ0n) is 11.2. The first-order valence-electron chi connectivity index (χ1n) is 6.43. The number of benzene rings is 2. The van der Waals surface area contributed by atoms with E-state index in [0.717, 1.165) is 12.1 Å². The van der Waals surface area contributed by atoms with Crippen LogP contribution in [-0.4, -0.2) is 17.6 Å². The summed E-state index contributed by atoms with van der Waals surface area (Å²) in [5, 5.41) is 9.75. The molecule has 2 aromatic carbocycles. The minimum absolute atomic E-state index is 0.232. The molecule has 0 amide bonds. The van der Waals surface area contributed by atoms with Crippen LogP contribution in [0.5, 0.6) is 0 Å². The molecule has 0 unspecified atom stereocenters. The van der Waals surface area contributed by atoms with Crippen molar-refractivity contribution in [2.75, 3.05) is 11.4 Å². The third kappa shape index (κ3) is 3.31. The first kappa shape index (κ1) is 14.4. The number of nitrogens with zero attached hydrogens (tertiary/aromatic N) is 1. The lowest BCUT2D eigenvalue weighted by Crippen LogP contribution is -2.24. The summed E-state index contributed by atoms with van der Waals surface area (Å²) in [5.74, 6) is -0.964. The highest BCUT2D eigenvalue weighted by Gasteiger charge is 2.15. The Morgan fingerprint density at radius 1 is 1.20 bits per heavy atom. The van der Waals surface area contributed by atoms with Crippen LogP contribution >= 0.6 is 11.6 Å². The molecule has 0 fully saturated rings. The van der Waals surface area contributed by atoms with Crippen molar-refractivity contribution in [3.8, 4) is 0 Å². The number of aromatic carboxylic acids is 1. The van der Waals surface area contributed by atoms with Gasteiger partial charge in [0, 0.05) is 18.1 Å². The van der Waals surface area contributed by atoms with Crippen LogP contribution in [0.25, 0.3) is 0 Å². The van der Waals surface area contributed by atoms with Crippen molar-refractivity contribution >= 4 is 23.3 Å². The average Bonchev–Trinajstić information content (AvgIpc) is 2.46. The highest BCUT2D eigenvalue weighted by molar-refractivity contribution is 6.31. The second-order valence-corrected chi connectivity index (χ2v) is 4.90. The quantitative estimate of drug-likeness (QED) is 0.902. The van der Waals surface area contributed by atoms with E-state index < -0.39 is 5.97 Å². The van der Waals surface area contributed by atoms with Gasteiger partial charge < -0.3 is 10.0 Å². The van der Waals surface area contributed by atoms with Crippen LogP contribution in [0.2, 0.25) is 5.02 Å². The fourth-order valence-corrected chi connectivity index (χ4v) is 2.30. The van der Waals surface area contributed by atoms with Gasteiger partial charge in [0.2, 0.25) is 0 Å². The lowest BCUT2D eigenvalue weighted by Gasteiger charge is -2.25. The summed E-state index contributed by atoms with van der Waals surface area (Å²) in [4.78, 5) is 13.4. The van der Waals surface area contributed by atoms with E-state index in [-0.39, 0.29) is 5.56 Å². The molecule has 0 radical (unpaired) electrons. The van der Waals surface area contributed by atoms with Gasteiger partial charge in [-0.25, -0.2) is 4.79 Å². The van der Waals surface area contributed by atoms with E-state index in [0.29, 0.717) is 17.3 Å². The summed E-state index contributed by atoms with van der Waals surface area (Å²) >= 11 is 5.89. The van der Waals surface area contributed by atoms with Gasteiger partial charge in [0.15, 0.2) is 0 Å². The van der Waals surface area contributed by atoms with Crippen molar-refractivity contribution in [2.45, 2.75) is 13.5 Å². The van der Waals surface area contributed by atoms with Gasteiger partial charge >= 0.3 is 5.97 Å². The fraction of sp³-hybridized carbons (Fsp3) is 0.188. The molecule has 2 rings (SSSR count). The maximum atomic E-state index is 11.4. The van der Waals surface area contributed by atoms with Crippen molar-refractivity contribution < 1.29 is 9.90 Å². The van der Waals surface area contributed by atoms with Crippen LogP contribution in [0, 0.1) is 0 Å². The van der Waals surface area contributed by atoms with E-state index in [2.05, 4.69) is 0 Å². The second kappa shape index (κ2) is 6.44. The predicted octanol–water partition coefficient (Wildman–Crippen LogP) is 4.06. The predicted molar refractivity (Wildman–Crippen MR) is 81.6 cm³/mol. The Balaban J connectivity index is 2.34. The van der Waals surface area contributed by atoms with Gasteiger partial charge in [-0.05, 0) is 30.7 Å². The highest BCUT2D eigenvalue weighted by Crippen LogP contribution is 2.25. The zero-order chi connectivity index (χ0) is 14.5. The van der Waals surface area contributed by atoms with Gasteiger partial charge in [-0.15, -0.1) is 0 Å². The standard InChI is InChI=1S/C16H16ClNO2/c1-2-18(11-12-6-4-3-5-7-12)15-9-8-13(17)10-14(15)16(19)20/h3-10H,2,11H2,1H3,(H,19,20). The zero-order valence-corrected chi connectivity index (χ0v) is 12.0. The molecule has 0 aliphatic rings. The molecular formula is C16H16ClNO2. The van der Waals surface area contributed by atoms with Crippen molar-refractivity contribution in [3.63, 3.8) is 0 Å². The molecule has 0 aliphatic heterocycles. The van der Waals surface area contributed by atoms with Crippen molar-refractivity contribution in [1.29, 1.82) is 0 Å². The van der Waals surface area contributed by atoms with Crippen molar-refractivity contribution in [1.82, 2.24) is 0 Å². The van der Waals surface area contributed by atoms with Crippen LogP contribution in [-0.2, 0) is 6.54 Å². The van der Waals surface area contributed by atoms with Crippen molar-refractivity contribution in [2.24, 2.45) is 0 Å². The Kier molecular flexibility index (Phi) is 4.64. The van der Waals surface area contributed by atoms with E-state index >= 15 is 0 Å². The minimum Gasteiger partial charge on any atom is -0.478 e. The maximum absolute atomic E-state index is 11.4. The first-order chi connectivity index (χ1) is 9.61. The largest absolute Gasteiger partial charge is 0.478 e. The van der Waals surface area contributed by atoms with Crippen LogP contribution in [0.1, 0.15) is 22.8 Å². The maximum Gasteiger partial charge on any atom is 0.337 e. The van der Waals surface area contributed by atoms with E-state index in [1.165, 1.54) is 6.07 Å². The molecule has 0 saturated carbocycles. The summed E-state index contributed by atoms with van der Waals surface area (Å²) in [6.45, 7) is 3.39. The van der Waals surface area contributed by atoms with Crippen LogP contribution in [0.15, 0.2) is 48.5 Å². The third-order valence-corrected chi connectivity index (χ3v) is 3.36. The van der Waals surface area contributed by atoms with E-state index in [1.54, 1.807) is 12.1 Å². The summed E-state index contributed by atoms with van der Waals surface area (Å²) < 4.78 is 0. The van der Waals surface area contributed by atoms with E-state index in [9.17, 15) is 9.90 Å². The topological polar surface area (TPSA) is 40.5 Å². The molecule has 2 aromatic rings. The molecule has 0 saturated heterocycles. The number of carbonyl (C=O) groups is 1. The van der Waals surface area contributed by atoms with Crippen LogP contribution in [0.3, 0.4) is 0 Å². The van der Waals surface area contributed by atoms with Gasteiger partial charge in [0.1, 0.15) is 0 Å². The summed E-state index contributed by atoms with van der Waals surface area (Å²) in [5.41, 5.74) is 2.06. The normalized spacial score (nSPS) is 10.3. The SMILES string of the molecule is CCN(Cc1ccccc1)c1ccc(Cl)cc1C(=O)O. The molecule has 0 atom stereocenters. The molecule has 0 heterocycles. The summed E-state index contributed by atoms with van der Waals surface area (Å²) in [7, 11) is 0. The molecule has 0 spiro atoms. The van der Waals surface area contributed by atoms with Gasteiger partial charge in [0.05, 0.1) is 11.3 Å². The number of hydrogen-bond donors (Lipinski definition) is 1. The molecular weight excluding hydrogens is 274 g/mol. The Morgan fingerprint density at radius 2 is 1.90 bits per heavy atom. The first-order valence-corrected chi connectivity index (χ1v) is 6.81. The number of carboxylic acid groups (broad SMARTS) is 1. The molecule has 3 nitrogen and oxygen atoms in total. The van der Waals surface area contributed by atoms with Gasteiger partial charge in [-0.1, -0.05) is 41.9 Å². The minimum atomic E-state index is -0.964. The fourth-order valence-electron chi connectivity index (χ4n) is 2.13. The lowest BCUT2D eigenvalue weighted by molar-refractivity contribution is 0.0697. The average molecular weight is 290 g/mol. The van der Waals surface area contributed by atoms with E-state index in [1.807, 2.05) is 42.2 Å². The molecule has 104 valence electrons. The number of carboxylic acids is 1. The number of hydrogen-bond acceptors (Lipinski definition) is 2. The molecule has 20 heavy (non-hydrogen) atoms. The number of rotatable bonds is 5. The Morgan fingerprint density at radius 3 is 2.50 bits per heavy atom. The van der Waals surface area contributed by atoms with Crippen LogP contribution in [0.4, 0.5) is 5.69 Å². The second-order valence-electron chi connectivity index (χ2n) is 4.47. The summed E-state index contributed by atoms with van der Waals surface area (Å²) in [6, 6.07) is 14.9.